The number of amides is 1. The largest absolute Gasteiger partial charge is 0.462 e. The molecule has 114 valence electrons. The van der Waals surface area contributed by atoms with Gasteiger partial charge in [-0.25, -0.2) is 9.78 Å². The highest BCUT2D eigenvalue weighted by Crippen LogP contribution is 2.13. The molecule has 22 heavy (non-hydrogen) atoms. The number of aromatic nitrogens is 1. The van der Waals surface area contributed by atoms with Gasteiger partial charge in [0.15, 0.2) is 0 Å². The first-order valence-electron chi connectivity index (χ1n) is 6.76. The first-order valence-corrected chi connectivity index (χ1v) is 7.13. The van der Waals surface area contributed by atoms with Gasteiger partial charge >= 0.3 is 5.97 Å². The number of nitrogens with zero attached hydrogens (tertiary/aromatic N) is 1. The normalized spacial score (nSPS) is 10.1. The molecule has 0 saturated carbocycles. The Hall–Kier alpha value is -2.40. The molecule has 0 spiro atoms. The molecule has 1 heterocycles. The van der Waals surface area contributed by atoms with E-state index in [1.54, 1.807) is 49.5 Å². The molecule has 0 aliphatic rings. The van der Waals surface area contributed by atoms with Gasteiger partial charge in [0.05, 0.1) is 18.6 Å². The number of hydrogen-bond donors (Lipinski definition) is 1. The van der Waals surface area contributed by atoms with Crippen LogP contribution in [0.5, 0.6) is 0 Å². The zero-order valence-corrected chi connectivity index (χ0v) is 12.8. The molecule has 1 aromatic heterocycles. The molecule has 2 rings (SSSR count). The lowest BCUT2D eigenvalue weighted by molar-refractivity contribution is -0.115. The minimum Gasteiger partial charge on any atom is -0.462 e. The quantitative estimate of drug-likeness (QED) is 0.679. The Kier molecular flexibility index (Phi) is 5.49. The van der Waals surface area contributed by atoms with E-state index in [1.807, 2.05) is 0 Å². The predicted octanol–water partition coefficient (Wildman–Crippen LogP) is 3.09. The summed E-state index contributed by atoms with van der Waals surface area (Å²) in [5.41, 5.74) is 1.69. The first kappa shape index (κ1) is 16.0. The third-order valence-corrected chi connectivity index (χ3v) is 3.03. The second-order valence-electron chi connectivity index (χ2n) is 4.52. The van der Waals surface area contributed by atoms with E-state index in [4.69, 9.17) is 16.3 Å². The molecule has 5 nitrogen and oxygen atoms in total. The summed E-state index contributed by atoms with van der Waals surface area (Å²) >= 11 is 5.70. The van der Waals surface area contributed by atoms with Crippen molar-refractivity contribution in [3.05, 3.63) is 58.9 Å². The zero-order valence-electron chi connectivity index (χ0n) is 12.0. The van der Waals surface area contributed by atoms with Gasteiger partial charge in [0.25, 0.3) is 0 Å². The number of rotatable bonds is 5. The number of carbonyl (C=O) groups is 2. The maximum Gasteiger partial charge on any atom is 0.338 e. The van der Waals surface area contributed by atoms with Crippen molar-refractivity contribution in [2.45, 2.75) is 13.3 Å². The number of benzene rings is 1. The molecule has 0 saturated heterocycles. The van der Waals surface area contributed by atoms with Crippen molar-refractivity contribution in [2.24, 2.45) is 0 Å². The van der Waals surface area contributed by atoms with Gasteiger partial charge in [-0.05, 0) is 36.8 Å². The fraction of sp³-hybridized carbons (Fsp3) is 0.188. The SMILES string of the molecule is CCOC(=O)c1cccc(NC(=O)Cc2ccc(Cl)nc2)c1. The van der Waals surface area contributed by atoms with Gasteiger partial charge in [0.1, 0.15) is 5.15 Å². The number of hydrogen-bond acceptors (Lipinski definition) is 4. The fourth-order valence-corrected chi connectivity index (χ4v) is 1.95. The number of esters is 1. The van der Waals surface area contributed by atoms with Crippen molar-refractivity contribution in [1.82, 2.24) is 4.98 Å². The minimum absolute atomic E-state index is 0.174. The van der Waals surface area contributed by atoms with E-state index in [9.17, 15) is 9.59 Å². The van der Waals surface area contributed by atoms with Crippen LogP contribution in [-0.4, -0.2) is 23.5 Å². The van der Waals surface area contributed by atoms with E-state index in [1.165, 1.54) is 0 Å². The van der Waals surface area contributed by atoms with Crippen LogP contribution in [0.1, 0.15) is 22.8 Å². The molecule has 1 aromatic carbocycles. The van der Waals surface area contributed by atoms with Crippen LogP contribution in [0.2, 0.25) is 5.15 Å². The fourth-order valence-electron chi connectivity index (χ4n) is 1.84. The topological polar surface area (TPSA) is 68.3 Å². The molecule has 0 fully saturated rings. The van der Waals surface area contributed by atoms with Crippen LogP contribution in [0, 0.1) is 0 Å². The van der Waals surface area contributed by atoms with E-state index in [0.717, 1.165) is 5.56 Å². The van der Waals surface area contributed by atoms with Gasteiger partial charge in [-0.1, -0.05) is 23.7 Å². The maximum absolute atomic E-state index is 12.0. The average Bonchev–Trinajstić information content (AvgIpc) is 2.50. The predicted molar refractivity (Wildman–Crippen MR) is 84.0 cm³/mol. The number of anilines is 1. The summed E-state index contributed by atoms with van der Waals surface area (Å²) in [6, 6.07) is 9.98. The number of nitrogens with one attached hydrogen (secondary N) is 1. The lowest BCUT2D eigenvalue weighted by Crippen LogP contribution is -2.15. The second kappa shape index (κ2) is 7.56. The molecule has 0 aliphatic carbocycles. The lowest BCUT2D eigenvalue weighted by atomic mass is 10.2. The molecule has 2 aromatic rings. The van der Waals surface area contributed by atoms with Crippen molar-refractivity contribution in [3.8, 4) is 0 Å². The molecule has 0 aliphatic heterocycles. The van der Waals surface area contributed by atoms with E-state index < -0.39 is 5.97 Å². The summed E-state index contributed by atoms with van der Waals surface area (Å²) in [4.78, 5) is 27.6. The molecule has 0 radical (unpaired) electrons. The Labute approximate surface area is 133 Å². The van der Waals surface area contributed by atoms with Gasteiger partial charge in [0.2, 0.25) is 5.91 Å². The summed E-state index contributed by atoms with van der Waals surface area (Å²) in [6.07, 6.45) is 1.73. The number of pyridine rings is 1. The summed E-state index contributed by atoms with van der Waals surface area (Å²) < 4.78 is 4.92. The van der Waals surface area contributed by atoms with E-state index >= 15 is 0 Å². The summed E-state index contributed by atoms with van der Waals surface area (Å²) in [6.45, 7) is 2.04. The van der Waals surface area contributed by atoms with Gasteiger partial charge in [0, 0.05) is 11.9 Å². The monoisotopic (exact) mass is 318 g/mol. The second-order valence-corrected chi connectivity index (χ2v) is 4.90. The van der Waals surface area contributed by atoms with Gasteiger partial charge in [-0.3, -0.25) is 4.79 Å². The highest BCUT2D eigenvalue weighted by molar-refractivity contribution is 6.29. The Balaban J connectivity index is 2.00. The van der Waals surface area contributed by atoms with Crippen molar-refractivity contribution in [3.63, 3.8) is 0 Å². The standard InChI is InChI=1S/C16H15ClN2O3/c1-2-22-16(21)12-4-3-5-13(9-12)19-15(20)8-11-6-7-14(17)18-10-11/h3-7,9-10H,2,8H2,1H3,(H,19,20). The molecule has 0 unspecified atom stereocenters. The first-order chi connectivity index (χ1) is 10.6. The molecular weight excluding hydrogens is 304 g/mol. The van der Waals surface area contributed by atoms with Gasteiger partial charge in [-0.15, -0.1) is 0 Å². The maximum atomic E-state index is 12.0. The van der Waals surface area contributed by atoms with Crippen LogP contribution in [0.25, 0.3) is 0 Å². The molecule has 0 atom stereocenters. The highest BCUT2D eigenvalue weighted by Gasteiger charge is 2.09. The number of ether oxygens (including phenoxy) is 1. The van der Waals surface area contributed by atoms with Crippen molar-refractivity contribution < 1.29 is 14.3 Å². The summed E-state index contributed by atoms with van der Waals surface area (Å²) in [5.74, 6) is -0.620. The Morgan fingerprint density at radius 1 is 1.27 bits per heavy atom. The van der Waals surface area contributed by atoms with Gasteiger partial charge < -0.3 is 10.1 Å². The third-order valence-electron chi connectivity index (χ3n) is 2.81. The Bertz CT molecular complexity index is 671. The van der Waals surface area contributed by atoms with Crippen LogP contribution in [0.4, 0.5) is 5.69 Å². The molecule has 1 amide bonds. The van der Waals surface area contributed by atoms with Crippen molar-refractivity contribution >= 4 is 29.2 Å². The van der Waals surface area contributed by atoms with E-state index in [2.05, 4.69) is 10.3 Å². The minimum atomic E-state index is -0.416. The van der Waals surface area contributed by atoms with Crippen LogP contribution < -0.4 is 5.32 Å². The van der Waals surface area contributed by atoms with Crippen LogP contribution in [0.15, 0.2) is 42.6 Å². The summed E-state index contributed by atoms with van der Waals surface area (Å²) in [5, 5.41) is 3.12. The van der Waals surface area contributed by atoms with Crippen LogP contribution >= 0.6 is 11.6 Å². The smallest absolute Gasteiger partial charge is 0.338 e. The van der Waals surface area contributed by atoms with Crippen LogP contribution in [-0.2, 0) is 16.0 Å². The van der Waals surface area contributed by atoms with E-state index in [0.29, 0.717) is 23.0 Å². The zero-order chi connectivity index (χ0) is 15.9. The number of carbonyl (C=O) groups excluding carboxylic acids is 2. The van der Waals surface area contributed by atoms with E-state index in [-0.39, 0.29) is 12.3 Å². The molecular formula is C16H15ClN2O3. The van der Waals surface area contributed by atoms with Gasteiger partial charge in [-0.2, -0.15) is 0 Å². The highest BCUT2D eigenvalue weighted by atomic mass is 35.5. The molecule has 1 N–H and O–H groups in total. The third kappa shape index (κ3) is 4.56. The van der Waals surface area contributed by atoms with Crippen LogP contribution in [0.3, 0.4) is 0 Å². The molecule has 6 heteroatoms. The lowest BCUT2D eigenvalue weighted by Gasteiger charge is -2.07. The Morgan fingerprint density at radius 2 is 2.09 bits per heavy atom. The number of halogens is 1. The summed E-state index contributed by atoms with van der Waals surface area (Å²) in [7, 11) is 0. The Morgan fingerprint density at radius 3 is 2.77 bits per heavy atom. The average molecular weight is 319 g/mol. The van der Waals surface area contributed by atoms with Crippen molar-refractivity contribution in [2.75, 3.05) is 11.9 Å². The molecule has 0 bridgehead atoms. The van der Waals surface area contributed by atoms with Crippen molar-refractivity contribution in [1.29, 1.82) is 0 Å².